The molecule has 1 saturated heterocycles. The maximum atomic E-state index is 11.8. The van der Waals surface area contributed by atoms with Crippen LogP contribution in [0.3, 0.4) is 0 Å². The molecule has 118 valence electrons. The van der Waals surface area contributed by atoms with Crippen molar-refractivity contribution in [2.45, 2.75) is 38.5 Å². The number of nitrogens with zero attached hydrogens (tertiary/aromatic N) is 2. The van der Waals surface area contributed by atoms with Gasteiger partial charge in [-0.15, -0.1) is 0 Å². The second-order valence-corrected chi connectivity index (χ2v) is 8.77. The molecular weight excluding hydrogens is 294 g/mol. The Bertz CT molecular complexity index is 415. The van der Waals surface area contributed by atoms with Crippen LogP contribution in [0, 0.1) is 0 Å². The van der Waals surface area contributed by atoms with Crippen molar-refractivity contribution in [1.29, 1.82) is 0 Å². The zero-order chi connectivity index (χ0) is 15.3. The van der Waals surface area contributed by atoms with Gasteiger partial charge in [0.1, 0.15) is 0 Å². The van der Waals surface area contributed by atoms with Crippen LogP contribution in [-0.4, -0.2) is 73.0 Å². The molecule has 2 N–H and O–H groups in total. The van der Waals surface area contributed by atoms with E-state index in [1.807, 2.05) is 0 Å². The molecule has 0 aromatic heterocycles. The van der Waals surface area contributed by atoms with Gasteiger partial charge in [0.25, 0.3) is 0 Å². The molecule has 0 saturated carbocycles. The lowest BCUT2D eigenvalue weighted by atomic mass is 10.1. The van der Waals surface area contributed by atoms with Crippen molar-refractivity contribution in [3.63, 3.8) is 0 Å². The molecule has 7 heteroatoms. The minimum absolute atomic E-state index is 0.173. The van der Waals surface area contributed by atoms with Gasteiger partial charge in [-0.05, 0) is 20.3 Å². The van der Waals surface area contributed by atoms with Crippen LogP contribution in [0.15, 0.2) is 0 Å². The largest absolute Gasteiger partial charge is 0.392 e. The minimum atomic E-state index is -2.94. The van der Waals surface area contributed by atoms with Crippen molar-refractivity contribution in [2.24, 2.45) is 5.73 Å². The SMILES string of the molecule is CCC(C(N)=S)N1CCN(CCS(=O)(=O)C(C)C)CC1. The Balaban J connectivity index is 2.41. The summed E-state index contributed by atoms with van der Waals surface area (Å²) in [7, 11) is -2.94. The molecular formula is C13H27N3O2S2. The van der Waals surface area contributed by atoms with Gasteiger partial charge >= 0.3 is 0 Å². The maximum Gasteiger partial charge on any atom is 0.153 e. The normalized spacial score (nSPS) is 20.2. The maximum absolute atomic E-state index is 11.8. The van der Waals surface area contributed by atoms with Crippen molar-refractivity contribution in [3.8, 4) is 0 Å². The molecule has 0 aromatic carbocycles. The van der Waals surface area contributed by atoms with Crippen molar-refractivity contribution in [3.05, 3.63) is 0 Å². The van der Waals surface area contributed by atoms with Gasteiger partial charge in [-0.3, -0.25) is 9.80 Å². The third-order valence-corrected chi connectivity index (χ3v) is 6.43. The standard InChI is InChI=1S/C13H27N3O2S2/c1-4-12(13(14)19)16-7-5-15(6-8-16)9-10-20(17,18)11(2)3/h11-12H,4-10H2,1-3H3,(H2,14,19). The van der Waals surface area contributed by atoms with Crippen LogP contribution in [0.1, 0.15) is 27.2 Å². The molecule has 1 aliphatic heterocycles. The number of sulfone groups is 1. The van der Waals surface area contributed by atoms with Crippen LogP contribution < -0.4 is 5.73 Å². The fraction of sp³-hybridized carbons (Fsp3) is 0.923. The summed E-state index contributed by atoms with van der Waals surface area (Å²) in [6.07, 6.45) is 0.928. The molecule has 1 aliphatic rings. The average molecular weight is 322 g/mol. The van der Waals surface area contributed by atoms with E-state index in [-0.39, 0.29) is 17.0 Å². The first-order valence-corrected chi connectivity index (χ1v) is 9.37. The Morgan fingerprint density at radius 3 is 2.20 bits per heavy atom. The van der Waals surface area contributed by atoms with Crippen molar-refractivity contribution >= 4 is 27.0 Å². The van der Waals surface area contributed by atoms with Gasteiger partial charge in [0.2, 0.25) is 0 Å². The molecule has 1 unspecified atom stereocenters. The van der Waals surface area contributed by atoms with E-state index in [0.29, 0.717) is 11.5 Å². The third kappa shape index (κ3) is 4.95. The first-order valence-electron chi connectivity index (χ1n) is 7.25. The van der Waals surface area contributed by atoms with Crippen LogP contribution in [0.4, 0.5) is 0 Å². The molecule has 0 amide bonds. The monoisotopic (exact) mass is 321 g/mol. The quantitative estimate of drug-likeness (QED) is 0.689. The number of rotatable bonds is 7. The van der Waals surface area contributed by atoms with Gasteiger partial charge < -0.3 is 5.73 Å². The minimum Gasteiger partial charge on any atom is -0.392 e. The van der Waals surface area contributed by atoms with Gasteiger partial charge in [-0.25, -0.2) is 8.42 Å². The van der Waals surface area contributed by atoms with E-state index in [1.54, 1.807) is 13.8 Å². The first kappa shape index (κ1) is 17.8. The highest BCUT2D eigenvalue weighted by molar-refractivity contribution is 7.92. The molecule has 1 heterocycles. The second kappa shape index (κ2) is 7.68. The highest BCUT2D eigenvalue weighted by Crippen LogP contribution is 2.10. The summed E-state index contributed by atoms with van der Waals surface area (Å²) in [5.41, 5.74) is 5.76. The third-order valence-electron chi connectivity index (χ3n) is 3.97. The molecule has 1 fully saturated rings. The summed E-state index contributed by atoms with van der Waals surface area (Å²) in [5, 5.41) is -0.289. The zero-order valence-corrected chi connectivity index (χ0v) is 14.3. The fourth-order valence-electron chi connectivity index (χ4n) is 2.43. The first-order chi connectivity index (χ1) is 9.27. The summed E-state index contributed by atoms with van der Waals surface area (Å²) in [6.45, 7) is 9.75. The molecule has 0 aromatic rings. The van der Waals surface area contributed by atoms with E-state index < -0.39 is 9.84 Å². The zero-order valence-electron chi connectivity index (χ0n) is 12.7. The summed E-state index contributed by atoms with van der Waals surface area (Å²) >= 11 is 5.10. The Morgan fingerprint density at radius 1 is 1.25 bits per heavy atom. The number of hydrogen-bond donors (Lipinski definition) is 1. The van der Waals surface area contributed by atoms with Gasteiger partial charge in [0.05, 0.1) is 22.0 Å². The average Bonchev–Trinajstić information content (AvgIpc) is 2.38. The molecule has 1 rings (SSSR count). The van der Waals surface area contributed by atoms with E-state index >= 15 is 0 Å². The van der Waals surface area contributed by atoms with E-state index in [9.17, 15) is 8.42 Å². The highest BCUT2D eigenvalue weighted by atomic mass is 32.2. The number of piperazine rings is 1. The van der Waals surface area contributed by atoms with Crippen LogP contribution in [0.2, 0.25) is 0 Å². The van der Waals surface area contributed by atoms with Crippen molar-refractivity contribution in [2.75, 3.05) is 38.5 Å². The van der Waals surface area contributed by atoms with Crippen molar-refractivity contribution < 1.29 is 8.42 Å². The molecule has 0 spiro atoms. The smallest absolute Gasteiger partial charge is 0.153 e. The number of nitrogens with two attached hydrogens (primary N) is 1. The van der Waals surface area contributed by atoms with Crippen LogP contribution in [-0.2, 0) is 9.84 Å². The number of hydrogen-bond acceptors (Lipinski definition) is 5. The Kier molecular flexibility index (Phi) is 6.84. The van der Waals surface area contributed by atoms with E-state index in [4.69, 9.17) is 18.0 Å². The topological polar surface area (TPSA) is 66.6 Å². The summed E-state index contributed by atoms with van der Waals surface area (Å²) < 4.78 is 23.6. The lowest BCUT2D eigenvalue weighted by molar-refractivity contribution is 0.121. The van der Waals surface area contributed by atoms with Gasteiger partial charge in [-0.1, -0.05) is 19.1 Å². The van der Waals surface area contributed by atoms with Crippen molar-refractivity contribution in [1.82, 2.24) is 9.80 Å². The Labute approximate surface area is 128 Å². The molecule has 1 atom stereocenters. The highest BCUT2D eigenvalue weighted by Gasteiger charge is 2.25. The van der Waals surface area contributed by atoms with Crippen LogP contribution >= 0.6 is 12.2 Å². The molecule has 0 radical (unpaired) electrons. The van der Waals surface area contributed by atoms with E-state index in [2.05, 4.69) is 16.7 Å². The van der Waals surface area contributed by atoms with E-state index in [1.165, 1.54) is 0 Å². The second-order valence-electron chi connectivity index (χ2n) is 5.62. The lowest BCUT2D eigenvalue weighted by Gasteiger charge is -2.38. The Morgan fingerprint density at radius 2 is 1.80 bits per heavy atom. The predicted molar refractivity (Wildman–Crippen MR) is 87.8 cm³/mol. The van der Waals surface area contributed by atoms with E-state index in [0.717, 1.165) is 32.6 Å². The van der Waals surface area contributed by atoms with Crippen LogP contribution in [0.25, 0.3) is 0 Å². The Hall–Kier alpha value is -0.240. The lowest BCUT2D eigenvalue weighted by Crippen LogP contribution is -2.54. The van der Waals surface area contributed by atoms with Gasteiger partial charge in [-0.2, -0.15) is 0 Å². The summed E-state index contributed by atoms with van der Waals surface area (Å²) in [6, 6.07) is 0.173. The molecule has 20 heavy (non-hydrogen) atoms. The fourth-order valence-corrected chi connectivity index (χ4v) is 3.73. The van der Waals surface area contributed by atoms with Gasteiger partial charge in [0, 0.05) is 32.7 Å². The summed E-state index contributed by atoms with van der Waals surface area (Å²) in [5.74, 6) is 0.247. The molecule has 0 aliphatic carbocycles. The van der Waals surface area contributed by atoms with Crippen LogP contribution in [0.5, 0.6) is 0 Å². The predicted octanol–water partition coefficient (Wildman–Crippen LogP) is 0.492. The molecule has 0 bridgehead atoms. The summed E-state index contributed by atoms with van der Waals surface area (Å²) in [4.78, 5) is 5.07. The number of thiocarbonyl (C=S) groups is 1. The van der Waals surface area contributed by atoms with Gasteiger partial charge in [0.15, 0.2) is 9.84 Å². The molecule has 5 nitrogen and oxygen atoms in total.